The lowest BCUT2D eigenvalue weighted by atomic mass is 10.3. The van der Waals surface area contributed by atoms with Crippen molar-refractivity contribution in [1.82, 2.24) is 0 Å². The molecule has 0 unspecified atom stereocenters. The molecule has 0 atom stereocenters. The topological polar surface area (TPSA) is 95.5 Å². The molecule has 0 fully saturated rings. The van der Waals surface area contributed by atoms with Crippen LogP contribution in [-0.4, -0.2) is 25.3 Å². The lowest BCUT2D eigenvalue weighted by Crippen LogP contribution is -2.19. The molecule has 24 heavy (non-hydrogen) atoms. The number of halogens is 2. The summed E-state index contributed by atoms with van der Waals surface area (Å²) in [6, 6.07) is 7.53. The highest BCUT2D eigenvalue weighted by atomic mass is 35.5. The van der Waals surface area contributed by atoms with E-state index in [1.165, 1.54) is 37.3 Å². The van der Waals surface area contributed by atoms with Gasteiger partial charge in [0.25, 0.3) is 0 Å². The number of carbonyl (C=O) groups is 1. The molecule has 0 radical (unpaired) electrons. The fourth-order valence-electron chi connectivity index (χ4n) is 1.83. The lowest BCUT2D eigenvalue weighted by Gasteiger charge is -2.11. The van der Waals surface area contributed by atoms with Crippen molar-refractivity contribution in [2.45, 2.75) is 11.8 Å². The van der Waals surface area contributed by atoms with Crippen LogP contribution in [-0.2, 0) is 9.84 Å². The first-order valence-electron chi connectivity index (χ1n) is 6.82. The van der Waals surface area contributed by atoms with Crippen LogP contribution in [0.5, 0.6) is 5.75 Å². The summed E-state index contributed by atoms with van der Waals surface area (Å²) in [5.74, 6) is -0.346. The number of aromatic hydroxyl groups is 1. The van der Waals surface area contributed by atoms with Crippen LogP contribution >= 0.6 is 23.2 Å². The van der Waals surface area contributed by atoms with Crippen molar-refractivity contribution in [3.05, 3.63) is 46.4 Å². The highest BCUT2D eigenvalue weighted by Crippen LogP contribution is 2.28. The van der Waals surface area contributed by atoms with Crippen LogP contribution in [0, 0.1) is 0 Å². The molecule has 128 valence electrons. The molecule has 0 spiro atoms. The third-order valence-corrected chi connectivity index (χ3v) is 5.60. The summed E-state index contributed by atoms with van der Waals surface area (Å²) in [4.78, 5) is 12.0. The number of phenolic OH excluding ortho intramolecular Hbond substituents is 1. The summed E-state index contributed by atoms with van der Waals surface area (Å²) in [5, 5.41) is 15.3. The van der Waals surface area contributed by atoms with E-state index >= 15 is 0 Å². The maximum Gasteiger partial charge on any atom is 0.323 e. The van der Waals surface area contributed by atoms with E-state index in [1.54, 1.807) is 6.07 Å². The Morgan fingerprint density at radius 1 is 1.08 bits per heavy atom. The molecule has 0 bridgehead atoms. The lowest BCUT2D eigenvalue weighted by molar-refractivity contribution is 0.262. The summed E-state index contributed by atoms with van der Waals surface area (Å²) in [6.45, 7) is 1.51. The minimum Gasteiger partial charge on any atom is -0.506 e. The Hall–Kier alpha value is -1.96. The van der Waals surface area contributed by atoms with E-state index in [9.17, 15) is 18.3 Å². The fraction of sp³-hybridized carbons (Fsp3) is 0.133. The second kappa shape index (κ2) is 7.29. The number of amides is 2. The first kappa shape index (κ1) is 18.4. The monoisotopic (exact) mass is 388 g/mol. The van der Waals surface area contributed by atoms with Crippen LogP contribution in [0.15, 0.2) is 41.3 Å². The maximum atomic E-state index is 12.0. The fourth-order valence-corrected chi connectivity index (χ4v) is 3.04. The average Bonchev–Trinajstić information content (AvgIpc) is 2.53. The molecule has 0 saturated heterocycles. The highest BCUT2D eigenvalue weighted by Gasteiger charge is 2.15. The standard InChI is InChI=1S/C15H14Cl2N2O4S/c1-2-24(22,23)10-4-6-14(20)13(8-10)19-15(21)18-9-3-5-11(16)12(17)7-9/h3-8,20H,2H2,1H3,(H2,18,19,21). The zero-order chi connectivity index (χ0) is 17.9. The molecule has 9 heteroatoms. The molecular weight excluding hydrogens is 375 g/mol. The zero-order valence-corrected chi connectivity index (χ0v) is 14.8. The minimum absolute atomic E-state index is 0.00707. The third kappa shape index (κ3) is 4.31. The zero-order valence-electron chi connectivity index (χ0n) is 12.5. The molecule has 2 aromatic carbocycles. The predicted octanol–water partition coefficient (Wildman–Crippen LogP) is 4.14. The van der Waals surface area contributed by atoms with Gasteiger partial charge >= 0.3 is 6.03 Å². The number of nitrogens with one attached hydrogen (secondary N) is 2. The van der Waals surface area contributed by atoms with E-state index in [-0.39, 0.29) is 27.1 Å². The van der Waals surface area contributed by atoms with Gasteiger partial charge in [-0.1, -0.05) is 30.1 Å². The van der Waals surface area contributed by atoms with Gasteiger partial charge in [-0.15, -0.1) is 0 Å². The number of phenols is 1. The maximum absolute atomic E-state index is 12.0. The summed E-state index contributed by atoms with van der Waals surface area (Å²) in [5.41, 5.74) is 0.362. The predicted molar refractivity (Wildman–Crippen MR) is 94.9 cm³/mol. The van der Waals surface area contributed by atoms with Gasteiger partial charge in [0, 0.05) is 5.69 Å². The summed E-state index contributed by atoms with van der Waals surface area (Å²) in [7, 11) is -3.46. The third-order valence-electron chi connectivity index (χ3n) is 3.13. The van der Waals surface area contributed by atoms with Gasteiger partial charge < -0.3 is 15.7 Å². The minimum atomic E-state index is -3.46. The van der Waals surface area contributed by atoms with E-state index in [2.05, 4.69) is 10.6 Å². The van der Waals surface area contributed by atoms with E-state index < -0.39 is 15.9 Å². The first-order valence-corrected chi connectivity index (χ1v) is 9.22. The number of hydrogen-bond acceptors (Lipinski definition) is 4. The summed E-state index contributed by atoms with van der Waals surface area (Å²) < 4.78 is 23.7. The van der Waals surface area contributed by atoms with E-state index in [0.717, 1.165) is 0 Å². The van der Waals surface area contributed by atoms with Crippen molar-refractivity contribution in [2.24, 2.45) is 0 Å². The van der Waals surface area contributed by atoms with E-state index in [0.29, 0.717) is 10.7 Å². The van der Waals surface area contributed by atoms with E-state index in [1.807, 2.05) is 0 Å². The van der Waals surface area contributed by atoms with Gasteiger partial charge in [0.05, 0.1) is 26.4 Å². The number of anilines is 2. The van der Waals surface area contributed by atoms with Crippen LogP contribution in [0.1, 0.15) is 6.92 Å². The first-order chi connectivity index (χ1) is 11.2. The smallest absolute Gasteiger partial charge is 0.323 e. The van der Waals surface area contributed by atoms with Gasteiger partial charge in [0.15, 0.2) is 9.84 Å². The molecule has 0 aromatic heterocycles. The number of carbonyl (C=O) groups excluding carboxylic acids is 1. The van der Waals surface area contributed by atoms with Crippen molar-refractivity contribution in [1.29, 1.82) is 0 Å². The number of hydrogen-bond donors (Lipinski definition) is 3. The Balaban J connectivity index is 2.19. The normalized spacial score (nSPS) is 11.1. The quantitative estimate of drug-likeness (QED) is 0.685. The van der Waals surface area contributed by atoms with Crippen molar-refractivity contribution in [3.63, 3.8) is 0 Å². The Kier molecular flexibility index (Phi) is 5.58. The van der Waals surface area contributed by atoms with Crippen LogP contribution in [0.25, 0.3) is 0 Å². The molecule has 2 amide bonds. The number of urea groups is 1. The Morgan fingerprint density at radius 3 is 2.42 bits per heavy atom. The molecule has 0 saturated carbocycles. The Bertz CT molecular complexity index is 885. The highest BCUT2D eigenvalue weighted by molar-refractivity contribution is 7.91. The molecule has 0 aliphatic carbocycles. The second-order valence-corrected chi connectivity index (χ2v) is 7.88. The number of benzene rings is 2. The van der Waals surface area contributed by atoms with E-state index in [4.69, 9.17) is 23.2 Å². The van der Waals surface area contributed by atoms with Crippen molar-refractivity contribution in [3.8, 4) is 5.75 Å². The van der Waals surface area contributed by atoms with Crippen molar-refractivity contribution < 1.29 is 18.3 Å². The molecule has 2 rings (SSSR count). The van der Waals surface area contributed by atoms with Crippen LogP contribution in [0.2, 0.25) is 10.0 Å². The van der Waals surface area contributed by atoms with Crippen LogP contribution in [0.3, 0.4) is 0 Å². The van der Waals surface area contributed by atoms with Gasteiger partial charge in [0.1, 0.15) is 5.75 Å². The number of rotatable bonds is 4. The largest absolute Gasteiger partial charge is 0.506 e. The van der Waals surface area contributed by atoms with Gasteiger partial charge in [-0.2, -0.15) is 0 Å². The SMILES string of the molecule is CCS(=O)(=O)c1ccc(O)c(NC(=O)Nc2ccc(Cl)c(Cl)c2)c1. The molecular formula is C15H14Cl2N2O4S. The summed E-state index contributed by atoms with van der Waals surface area (Å²) >= 11 is 11.7. The molecule has 0 aliphatic rings. The van der Waals surface area contributed by atoms with Gasteiger partial charge in [-0.3, -0.25) is 0 Å². The second-order valence-electron chi connectivity index (χ2n) is 4.79. The molecule has 0 heterocycles. The van der Waals surface area contributed by atoms with Crippen LogP contribution in [0.4, 0.5) is 16.2 Å². The average molecular weight is 389 g/mol. The number of sulfone groups is 1. The van der Waals surface area contributed by atoms with Gasteiger partial charge in [0.2, 0.25) is 0 Å². The molecule has 6 nitrogen and oxygen atoms in total. The van der Waals surface area contributed by atoms with Crippen molar-refractivity contribution in [2.75, 3.05) is 16.4 Å². The molecule has 0 aliphatic heterocycles. The Morgan fingerprint density at radius 2 is 1.79 bits per heavy atom. The van der Waals surface area contributed by atoms with Gasteiger partial charge in [-0.25, -0.2) is 13.2 Å². The van der Waals surface area contributed by atoms with Gasteiger partial charge in [-0.05, 0) is 36.4 Å². The summed E-state index contributed by atoms with van der Waals surface area (Å²) in [6.07, 6.45) is 0. The molecule has 3 N–H and O–H groups in total. The Labute approximate surface area is 149 Å². The molecule has 2 aromatic rings. The van der Waals surface area contributed by atoms with Crippen LogP contribution < -0.4 is 10.6 Å². The van der Waals surface area contributed by atoms with Crippen molar-refractivity contribution >= 4 is 50.4 Å².